The molecule has 2 atom stereocenters. The van der Waals surface area contributed by atoms with E-state index in [9.17, 15) is 14.8 Å². The summed E-state index contributed by atoms with van der Waals surface area (Å²) in [6, 6.07) is 11.6. The zero-order valence-electron chi connectivity index (χ0n) is 19.4. The number of halogens is 2. The first-order valence-electron chi connectivity index (χ1n) is 11.4. The van der Waals surface area contributed by atoms with Crippen molar-refractivity contribution in [1.29, 1.82) is 5.26 Å². The summed E-state index contributed by atoms with van der Waals surface area (Å²) in [5.74, 6) is 1.24. The molecule has 2 bridgehead atoms. The van der Waals surface area contributed by atoms with Crippen molar-refractivity contribution in [3.05, 3.63) is 60.2 Å². The maximum Gasteiger partial charge on any atom is 0.211 e. The van der Waals surface area contributed by atoms with Crippen LogP contribution >= 0.6 is 12.4 Å². The Labute approximate surface area is 213 Å². The number of anilines is 1. The molecular formula is C26H24ClFN6O2. The van der Waals surface area contributed by atoms with Crippen molar-refractivity contribution in [3.63, 3.8) is 0 Å². The van der Waals surface area contributed by atoms with Crippen molar-refractivity contribution in [3.8, 4) is 40.0 Å². The van der Waals surface area contributed by atoms with Gasteiger partial charge in [0, 0.05) is 37.1 Å². The van der Waals surface area contributed by atoms with Gasteiger partial charge in [-0.15, -0.1) is 12.4 Å². The first kappa shape index (κ1) is 23.9. The van der Waals surface area contributed by atoms with E-state index in [4.69, 9.17) is 15.5 Å². The number of methoxy groups -OCH3 is 1. The van der Waals surface area contributed by atoms with Crippen LogP contribution in [0.1, 0.15) is 12.0 Å². The van der Waals surface area contributed by atoms with Crippen LogP contribution in [0.2, 0.25) is 0 Å². The minimum absolute atomic E-state index is 0. The standard InChI is InChI=1S/C26H23FN6O2.ClH/c1-35-21-5-4-14(10-20(21)34)22-24(15-2-3-16(11-28)19(27)9-15)31-26(33-7-6-30-25(22)33)32-12-17-8-18(13-32)23(17)29;/h2-7,9-10,17-18,23,34H,8,12-13,29H2,1H3;1H. The quantitative estimate of drug-likeness (QED) is 0.430. The number of ether oxygens (including phenoxy) is 1. The van der Waals surface area contributed by atoms with Crippen LogP contribution in [0.3, 0.4) is 0 Å². The zero-order chi connectivity index (χ0) is 24.3. The first-order valence-corrected chi connectivity index (χ1v) is 11.4. The van der Waals surface area contributed by atoms with Crippen LogP contribution in [-0.2, 0) is 0 Å². The van der Waals surface area contributed by atoms with E-state index in [0.29, 0.717) is 51.6 Å². The van der Waals surface area contributed by atoms with Gasteiger partial charge in [-0.3, -0.25) is 4.40 Å². The Bertz CT molecular complexity index is 1500. The molecule has 1 aliphatic carbocycles. The van der Waals surface area contributed by atoms with Gasteiger partial charge in [-0.1, -0.05) is 12.1 Å². The van der Waals surface area contributed by atoms with Crippen molar-refractivity contribution >= 4 is 24.0 Å². The molecule has 0 amide bonds. The van der Waals surface area contributed by atoms with Gasteiger partial charge in [0.15, 0.2) is 11.5 Å². The van der Waals surface area contributed by atoms with Crippen LogP contribution in [0, 0.1) is 29.0 Å². The molecule has 2 aromatic carbocycles. The molecule has 2 aliphatic heterocycles. The summed E-state index contributed by atoms with van der Waals surface area (Å²) in [7, 11) is 1.48. The average molecular weight is 507 g/mol. The monoisotopic (exact) mass is 506 g/mol. The highest BCUT2D eigenvalue weighted by atomic mass is 35.5. The molecule has 2 unspecified atom stereocenters. The van der Waals surface area contributed by atoms with Gasteiger partial charge in [0.25, 0.3) is 0 Å². The number of fused-ring (bicyclic) bond motifs is 3. The number of phenolic OH excluding ortho intramolecular Hbond substituents is 1. The summed E-state index contributed by atoms with van der Waals surface area (Å²) in [5.41, 5.74) is 9.20. The topological polar surface area (TPSA) is 113 Å². The molecule has 0 radical (unpaired) electrons. The second-order valence-electron chi connectivity index (χ2n) is 9.19. The minimum atomic E-state index is -0.620. The molecule has 3 fully saturated rings. The predicted molar refractivity (Wildman–Crippen MR) is 136 cm³/mol. The fourth-order valence-electron chi connectivity index (χ4n) is 5.35. The number of imidazole rings is 1. The Morgan fingerprint density at radius 1 is 1.17 bits per heavy atom. The Balaban J connectivity index is 0.00000267. The van der Waals surface area contributed by atoms with E-state index < -0.39 is 5.82 Å². The molecule has 4 aromatic rings. The van der Waals surface area contributed by atoms with Crippen LogP contribution in [-0.4, -0.2) is 45.7 Å². The van der Waals surface area contributed by atoms with Crippen molar-refractivity contribution < 1.29 is 14.2 Å². The lowest BCUT2D eigenvalue weighted by Crippen LogP contribution is -2.62. The number of nitrogens with zero attached hydrogens (tertiary/aromatic N) is 5. The average Bonchev–Trinajstić information content (AvgIpc) is 3.37. The Morgan fingerprint density at radius 3 is 2.56 bits per heavy atom. The van der Waals surface area contributed by atoms with Gasteiger partial charge < -0.3 is 20.5 Å². The molecule has 10 heteroatoms. The maximum absolute atomic E-state index is 14.7. The van der Waals surface area contributed by atoms with E-state index >= 15 is 0 Å². The largest absolute Gasteiger partial charge is 0.504 e. The number of aromatic hydroxyl groups is 1. The molecule has 4 heterocycles. The highest BCUT2D eigenvalue weighted by Crippen LogP contribution is 2.43. The number of hydrogen-bond donors (Lipinski definition) is 2. The van der Waals surface area contributed by atoms with Crippen molar-refractivity contribution in [2.75, 3.05) is 25.1 Å². The second kappa shape index (κ2) is 8.97. The van der Waals surface area contributed by atoms with Gasteiger partial charge in [0.05, 0.1) is 23.9 Å². The number of benzene rings is 2. The van der Waals surface area contributed by atoms with Crippen molar-refractivity contribution in [2.45, 2.75) is 12.5 Å². The van der Waals surface area contributed by atoms with E-state index in [1.165, 1.54) is 19.2 Å². The normalized spacial score (nSPS) is 20.4. The summed E-state index contributed by atoms with van der Waals surface area (Å²) in [5, 5.41) is 19.7. The molecule has 184 valence electrons. The maximum atomic E-state index is 14.7. The van der Waals surface area contributed by atoms with Crippen LogP contribution in [0.25, 0.3) is 28.0 Å². The summed E-state index contributed by atoms with van der Waals surface area (Å²) < 4.78 is 21.8. The number of piperidine rings is 2. The Morgan fingerprint density at radius 2 is 1.92 bits per heavy atom. The molecule has 2 aromatic heterocycles. The van der Waals surface area contributed by atoms with Crippen LogP contribution in [0.5, 0.6) is 11.5 Å². The fraction of sp³-hybridized carbons (Fsp3) is 0.269. The van der Waals surface area contributed by atoms with E-state index in [2.05, 4.69) is 9.88 Å². The lowest BCUT2D eigenvalue weighted by Gasteiger charge is -2.52. The molecular weight excluding hydrogens is 483 g/mol. The van der Waals surface area contributed by atoms with E-state index in [1.807, 2.05) is 22.7 Å². The lowest BCUT2D eigenvalue weighted by molar-refractivity contribution is 0.114. The van der Waals surface area contributed by atoms with Crippen LogP contribution in [0.4, 0.5) is 10.3 Å². The third-order valence-electron chi connectivity index (χ3n) is 7.25. The van der Waals surface area contributed by atoms with Gasteiger partial charge >= 0.3 is 0 Å². The third-order valence-corrected chi connectivity index (χ3v) is 7.25. The van der Waals surface area contributed by atoms with Gasteiger partial charge in [0.1, 0.15) is 17.5 Å². The van der Waals surface area contributed by atoms with Gasteiger partial charge in [0.2, 0.25) is 5.95 Å². The highest BCUT2D eigenvalue weighted by molar-refractivity contribution is 5.91. The fourth-order valence-corrected chi connectivity index (χ4v) is 5.35. The molecule has 0 spiro atoms. The van der Waals surface area contributed by atoms with Gasteiger partial charge in [-0.25, -0.2) is 14.4 Å². The van der Waals surface area contributed by atoms with E-state index in [-0.39, 0.29) is 29.8 Å². The van der Waals surface area contributed by atoms with E-state index in [1.54, 1.807) is 24.4 Å². The second-order valence-corrected chi connectivity index (χ2v) is 9.19. The third kappa shape index (κ3) is 3.61. The lowest BCUT2D eigenvalue weighted by atomic mass is 9.67. The molecule has 2 saturated heterocycles. The minimum Gasteiger partial charge on any atom is -0.504 e. The smallest absolute Gasteiger partial charge is 0.211 e. The zero-order valence-corrected chi connectivity index (χ0v) is 20.2. The summed E-state index contributed by atoms with van der Waals surface area (Å²) in [6.07, 6.45) is 4.68. The Hall–Kier alpha value is -3.87. The summed E-state index contributed by atoms with van der Waals surface area (Å²) in [4.78, 5) is 11.9. The predicted octanol–water partition coefficient (Wildman–Crippen LogP) is 3.99. The molecule has 36 heavy (non-hydrogen) atoms. The highest BCUT2D eigenvalue weighted by Gasteiger charge is 2.45. The number of nitrogens with two attached hydrogens (primary N) is 1. The van der Waals surface area contributed by atoms with Crippen LogP contribution < -0.4 is 15.4 Å². The molecule has 1 saturated carbocycles. The number of nitriles is 1. The molecule has 7 rings (SSSR count). The molecule has 3 aliphatic rings. The molecule has 3 N–H and O–H groups in total. The molecule has 8 nitrogen and oxygen atoms in total. The summed E-state index contributed by atoms with van der Waals surface area (Å²) in [6.45, 7) is 1.59. The first-order chi connectivity index (χ1) is 17.0. The Kier molecular flexibility index (Phi) is 5.94. The van der Waals surface area contributed by atoms with Crippen molar-refractivity contribution in [2.24, 2.45) is 17.6 Å². The van der Waals surface area contributed by atoms with Crippen LogP contribution in [0.15, 0.2) is 48.8 Å². The number of rotatable bonds is 4. The van der Waals surface area contributed by atoms with Gasteiger partial charge in [-0.2, -0.15) is 5.26 Å². The number of hydrogen-bond acceptors (Lipinski definition) is 7. The number of phenols is 1. The SMILES string of the molecule is COc1ccc(-c2c(-c3ccc(C#N)c(F)c3)nc(N3CC4CC(C3)C4N)n3ccnc23)cc1O.Cl. The van der Waals surface area contributed by atoms with E-state index in [0.717, 1.165) is 19.5 Å². The van der Waals surface area contributed by atoms with Gasteiger partial charge in [-0.05, 0) is 48.1 Å². The summed E-state index contributed by atoms with van der Waals surface area (Å²) >= 11 is 0. The number of aromatic nitrogens is 3. The van der Waals surface area contributed by atoms with Crippen molar-refractivity contribution in [1.82, 2.24) is 14.4 Å².